The summed E-state index contributed by atoms with van der Waals surface area (Å²) in [4.78, 5) is 0. The van der Waals surface area contributed by atoms with Crippen LogP contribution >= 0.6 is 0 Å². The van der Waals surface area contributed by atoms with Crippen LogP contribution in [-0.2, 0) is 5.54 Å². The van der Waals surface area contributed by atoms with Gasteiger partial charge >= 0.3 is 0 Å². The van der Waals surface area contributed by atoms with Gasteiger partial charge in [0.2, 0.25) is 0 Å². The lowest BCUT2D eigenvalue weighted by molar-refractivity contribution is -0.125. The summed E-state index contributed by atoms with van der Waals surface area (Å²) in [6.07, 6.45) is -0.552. The van der Waals surface area contributed by atoms with Crippen LogP contribution in [0.2, 0.25) is 0 Å². The van der Waals surface area contributed by atoms with Crippen molar-refractivity contribution in [2.24, 2.45) is 5.73 Å². The molecule has 1 aliphatic carbocycles. The number of fused-ring (bicyclic) bond motifs is 1. The van der Waals surface area contributed by atoms with Crippen molar-refractivity contribution < 1.29 is 13.5 Å². The van der Waals surface area contributed by atoms with E-state index in [1.165, 1.54) is 0 Å². The number of methoxy groups -OCH3 is 1. The molecular formula is C15H15F2NO. The summed E-state index contributed by atoms with van der Waals surface area (Å²) in [5.41, 5.74) is 5.93. The van der Waals surface area contributed by atoms with Gasteiger partial charge < -0.3 is 10.5 Å². The van der Waals surface area contributed by atoms with E-state index < -0.39 is 11.5 Å². The van der Waals surface area contributed by atoms with Crippen LogP contribution in [-0.4, -0.2) is 13.0 Å². The Morgan fingerprint density at radius 3 is 2.32 bits per heavy atom. The summed E-state index contributed by atoms with van der Waals surface area (Å²) < 4.78 is 31.2. The van der Waals surface area contributed by atoms with Crippen molar-refractivity contribution in [1.29, 1.82) is 0 Å². The third kappa shape index (κ3) is 2.06. The van der Waals surface area contributed by atoms with Crippen molar-refractivity contribution in [3.63, 3.8) is 0 Å². The predicted molar refractivity (Wildman–Crippen MR) is 70.5 cm³/mol. The Kier molecular flexibility index (Phi) is 2.54. The van der Waals surface area contributed by atoms with Gasteiger partial charge in [0.1, 0.15) is 5.75 Å². The van der Waals surface area contributed by atoms with Gasteiger partial charge in [0.05, 0.1) is 12.6 Å². The number of hydrogen-bond acceptors (Lipinski definition) is 2. The van der Waals surface area contributed by atoms with Gasteiger partial charge in [0.25, 0.3) is 5.92 Å². The summed E-state index contributed by atoms with van der Waals surface area (Å²) in [5.74, 6) is -1.85. The normalized spacial score (nSPS) is 20.0. The van der Waals surface area contributed by atoms with E-state index in [1.54, 1.807) is 7.11 Å². The third-order valence-corrected chi connectivity index (χ3v) is 3.77. The zero-order valence-corrected chi connectivity index (χ0v) is 10.6. The SMILES string of the molecule is COc1ccc2cc(C3(N)CC(F)(F)C3)ccc2c1. The highest BCUT2D eigenvalue weighted by Gasteiger charge is 2.55. The second-order valence-corrected chi connectivity index (χ2v) is 5.29. The quantitative estimate of drug-likeness (QED) is 0.901. The summed E-state index contributed by atoms with van der Waals surface area (Å²) in [6.45, 7) is 0. The first-order valence-corrected chi connectivity index (χ1v) is 6.17. The van der Waals surface area contributed by atoms with Crippen LogP contribution in [0.4, 0.5) is 8.78 Å². The van der Waals surface area contributed by atoms with E-state index in [0.717, 1.165) is 22.1 Å². The highest BCUT2D eigenvalue weighted by Crippen LogP contribution is 2.50. The molecule has 0 spiro atoms. The minimum Gasteiger partial charge on any atom is -0.497 e. The number of alkyl halides is 2. The molecule has 0 heterocycles. The summed E-state index contributed by atoms with van der Waals surface area (Å²) >= 11 is 0. The lowest BCUT2D eigenvalue weighted by atomic mass is 9.69. The lowest BCUT2D eigenvalue weighted by Gasteiger charge is -2.45. The Balaban J connectivity index is 1.99. The second kappa shape index (κ2) is 3.90. The fraction of sp³-hybridized carbons (Fsp3) is 0.333. The molecule has 1 saturated carbocycles. The van der Waals surface area contributed by atoms with Crippen molar-refractivity contribution in [3.05, 3.63) is 42.0 Å². The maximum atomic E-state index is 13.0. The molecule has 0 bridgehead atoms. The molecule has 0 saturated heterocycles. The molecule has 2 aromatic rings. The van der Waals surface area contributed by atoms with Gasteiger partial charge in [-0.15, -0.1) is 0 Å². The Morgan fingerprint density at radius 1 is 1.05 bits per heavy atom. The molecule has 1 aliphatic rings. The van der Waals surface area contributed by atoms with E-state index in [4.69, 9.17) is 10.5 Å². The average Bonchev–Trinajstić information content (AvgIpc) is 2.35. The highest BCUT2D eigenvalue weighted by atomic mass is 19.3. The molecule has 2 nitrogen and oxygen atoms in total. The molecule has 1 fully saturated rings. The van der Waals surface area contributed by atoms with Crippen LogP contribution in [0.1, 0.15) is 18.4 Å². The van der Waals surface area contributed by atoms with Crippen LogP contribution in [0.5, 0.6) is 5.75 Å². The number of benzene rings is 2. The largest absolute Gasteiger partial charge is 0.497 e. The molecule has 0 aromatic heterocycles. The van der Waals surface area contributed by atoms with E-state index in [1.807, 2.05) is 36.4 Å². The fourth-order valence-electron chi connectivity index (χ4n) is 2.74. The van der Waals surface area contributed by atoms with Crippen LogP contribution < -0.4 is 10.5 Å². The van der Waals surface area contributed by atoms with Gasteiger partial charge in [0.15, 0.2) is 0 Å². The third-order valence-electron chi connectivity index (χ3n) is 3.77. The van der Waals surface area contributed by atoms with E-state index in [-0.39, 0.29) is 12.8 Å². The lowest BCUT2D eigenvalue weighted by Crippen LogP contribution is -2.55. The van der Waals surface area contributed by atoms with E-state index in [0.29, 0.717) is 0 Å². The maximum Gasteiger partial charge on any atom is 0.252 e. The Hall–Kier alpha value is -1.68. The van der Waals surface area contributed by atoms with Crippen molar-refractivity contribution in [3.8, 4) is 5.75 Å². The molecule has 3 rings (SSSR count). The van der Waals surface area contributed by atoms with Gasteiger partial charge in [0, 0.05) is 12.8 Å². The molecule has 2 aromatic carbocycles. The zero-order chi connectivity index (χ0) is 13.7. The molecule has 100 valence electrons. The number of hydrogen-bond donors (Lipinski definition) is 1. The number of halogens is 2. The molecule has 0 amide bonds. The number of nitrogens with two attached hydrogens (primary N) is 1. The molecule has 0 unspecified atom stereocenters. The maximum absolute atomic E-state index is 13.0. The topological polar surface area (TPSA) is 35.2 Å². The fourth-order valence-corrected chi connectivity index (χ4v) is 2.74. The van der Waals surface area contributed by atoms with Gasteiger partial charge in [-0.05, 0) is 34.5 Å². The van der Waals surface area contributed by atoms with Crippen LogP contribution in [0, 0.1) is 0 Å². The van der Waals surface area contributed by atoms with Crippen LogP contribution in [0.15, 0.2) is 36.4 Å². The van der Waals surface area contributed by atoms with Gasteiger partial charge in [-0.1, -0.05) is 18.2 Å². The Labute approximate surface area is 110 Å². The second-order valence-electron chi connectivity index (χ2n) is 5.29. The first-order chi connectivity index (χ1) is 8.92. The minimum atomic E-state index is -2.62. The summed E-state index contributed by atoms with van der Waals surface area (Å²) in [6, 6.07) is 11.3. The molecule has 2 N–H and O–H groups in total. The van der Waals surface area contributed by atoms with E-state index in [9.17, 15) is 8.78 Å². The first kappa shape index (κ1) is 12.4. The number of rotatable bonds is 2. The molecule has 0 radical (unpaired) electrons. The Morgan fingerprint density at radius 2 is 1.68 bits per heavy atom. The standard InChI is InChI=1S/C15H15F2NO/c1-19-13-5-3-10-6-12(4-2-11(10)7-13)14(18)8-15(16,17)9-14/h2-7H,8-9,18H2,1H3. The Bertz CT molecular complexity index is 631. The van der Waals surface area contributed by atoms with Crippen molar-refractivity contribution >= 4 is 10.8 Å². The highest BCUT2D eigenvalue weighted by molar-refractivity contribution is 5.84. The summed E-state index contributed by atoms with van der Waals surface area (Å²) in [5, 5.41) is 2.00. The first-order valence-electron chi connectivity index (χ1n) is 6.17. The van der Waals surface area contributed by atoms with Crippen molar-refractivity contribution in [1.82, 2.24) is 0 Å². The van der Waals surface area contributed by atoms with E-state index >= 15 is 0 Å². The predicted octanol–water partition coefficient (Wildman–Crippen LogP) is 3.43. The summed E-state index contributed by atoms with van der Waals surface area (Å²) in [7, 11) is 1.61. The number of ether oxygens (including phenoxy) is 1. The molecule has 0 atom stereocenters. The van der Waals surface area contributed by atoms with Gasteiger partial charge in [-0.3, -0.25) is 0 Å². The zero-order valence-electron chi connectivity index (χ0n) is 10.6. The van der Waals surface area contributed by atoms with Crippen molar-refractivity contribution in [2.75, 3.05) is 7.11 Å². The monoisotopic (exact) mass is 263 g/mol. The van der Waals surface area contributed by atoms with Crippen LogP contribution in [0.3, 0.4) is 0 Å². The molecule has 19 heavy (non-hydrogen) atoms. The average molecular weight is 263 g/mol. The smallest absolute Gasteiger partial charge is 0.252 e. The van der Waals surface area contributed by atoms with Gasteiger partial charge in [-0.25, -0.2) is 8.78 Å². The van der Waals surface area contributed by atoms with Crippen LogP contribution in [0.25, 0.3) is 10.8 Å². The van der Waals surface area contributed by atoms with Crippen molar-refractivity contribution in [2.45, 2.75) is 24.3 Å². The van der Waals surface area contributed by atoms with E-state index in [2.05, 4.69) is 0 Å². The van der Waals surface area contributed by atoms with Gasteiger partial charge in [-0.2, -0.15) is 0 Å². The molecule has 4 heteroatoms. The molecule has 0 aliphatic heterocycles. The molecular weight excluding hydrogens is 248 g/mol. The minimum absolute atomic E-state index is 0.276.